The van der Waals surface area contributed by atoms with Crippen LogP contribution in [-0.2, 0) is 6.54 Å². The zero-order chi connectivity index (χ0) is 28.0. The third kappa shape index (κ3) is 4.57. The predicted octanol–water partition coefficient (Wildman–Crippen LogP) is 5.65. The van der Waals surface area contributed by atoms with Crippen molar-refractivity contribution in [3.8, 4) is 22.9 Å². The summed E-state index contributed by atoms with van der Waals surface area (Å²) in [6.07, 6.45) is 2.73. The molecular formula is C28H15ClF4N4O2. The molecule has 0 aliphatic heterocycles. The number of halogens is 5. The molecule has 5 aromatic rings. The van der Waals surface area contributed by atoms with Gasteiger partial charge in [-0.15, -0.1) is 0 Å². The molecule has 39 heavy (non-hydrogen) atoms. The molecule has 2 aromatic heterocycles. The van der Waals surface area contributed by atoms with Crippen molar-refractivity contribution in [2.24, 2.45) is 0 Å². The molecule has 0 radical (unpaired) electrons. The largest absolute Gasteiger partial charge is 0.336 e. The molecule has 0 bridgehead atoms. The molecule has 0 saturated carbocycles. The van der Waals surface area contributed by atoms with E-state index in [0.717, 1.165) is 10.6 Å². The van der Waals surface area contributed by atoms with Crippen molar-refractivity contribution >= 4 is 22.5 Å². The van der Waals surface area contributed by atoms with Crippen molar-refractivity contribution in [1.82, 2.24) is 14.1 Å². The Balaban J connectivity index is 1.88. The van der Waals surface area contributed by atoms with Gasteiger partial charge in [0.25, 0.3) is 5.56 Å². The Bertz CT molecular complexity index is 1960. The number of aromatic nitrogens is 3. The summed E-state index contributed by atoms with van der Waals surface area (Å²) >= 11 is 6.30. The first-order chi connectivity index (χ1) is 18.6. The molecule has 0 amide bonds. The highest BCUT2D eigenvalue weighted by molar-refractivity contribution is 6.33. The van der Waals surface area contributed by atoms with Gasteiger partial charge in [0.15, 0.2) is 17.5 Å². The van der Waals surface area contributed by atoms with E-state index in [1.807, 2.05) is 6.07 Å². The van der Waals surface area contributed by atoms with Gasteiger partial charge in [-0.3, -0.25) is 14.3 Å². The zero-order valence-corrected chi connectivity index (χ0v) is 20.7. The minimum atomic E-state index is -1.69. The number of hydrogen-bond acceptors (Lipinski definition) is 4. The summed E-state index contributed by atoms with van der Waals surface area (Å²) in [5, 5.41) is 8.96. The number of benzene rings is 3. The summed E-state index contributed by atoms with van der Waals surface area (Å²) in [5.41, 5.74) is -1.04. The second-order valence-electron chi connectivity index (χ2n) is 8.76. The Morgan fingerprint density at radius 1 is 0.949 bits per heavy atom. The summed E-state index contributed by atoms with van der Waals surface area (Å²) < 4.78 is 58.9. The normalized spacial score (nSPS) is 11.1. The van der Waals surface area contributed by atoms with E-state index in [0.29, 0.717) is 22.3 Å². The van der Waals surface area contributed by atoms with Crippen molar-refractivity contribution in [3.05, 3.63) is 127 Å². The molecule has 11 heteroatoms. The monoisotopic (exact) mass is 550 g/mol. The van der Waals surface area contributed by atoms with Crippen LogP contribution >= 0.6 is 11.6 Å². The highest BCUT2D eigenvalue weighted by Crippen LogP contribution is 2.32. The standard InChI is InChI=1S/C28H15ClF4N4O2/c1-14-4-18(12-35-11-14)37-27(38)25-21(30)8-17(19-5-15(10-34)2-3-20(19)29)9-24(25)36(28(37)39)13-16-6-22(31)26(33)23(32)7-16/h2-9,11-12H,13H2,1H3. The second-order valence-corrected chi connectivity index (χ2v) is 9.17. The Labute approximate surface area is 222 Å². The molecule has 0 fully saturated rings. The molecule has 0 N–H and O–H groups in total. The Hall–Kier alpha value is -4.75. The van der Waals surface area contributed by atoms with Gasteiger partial charge in [0.05, 0.1) is 35.6 Å². The van der Waals surface area contributed by atoms with Crippen LogP contribution in [0, 0.1) is 41.5 Å². The Morgan fingerprint density at radius 2 is 1.67 bits per heavy atom. The van der Waals surface area contributed by atoms with Crippen molar-refractivity contribution < 1.29 is 17.6 Å². The van der Waals surface area contributed by atoms with Gasteiger partial charge >= 0.3 is 5.69 Å². The number of fused-ring (bicyclic) bond motifs is 1. The molecule has 5 rings (SSSR count). The molecular weight excluding hydrogens is 536 g/mol. The lowest BCUT2D eigenvalue weighted by Gasteiger charge is -2.17. The van der Waals surface area contributed by atoms with Crippen LogP contribution in [0.1, 0.15) is 16.7 Å². The van der Waals surface area contributed by atoms with Gasteiger partial charge in [0.2, 0.25) is 0 Å². The van der Waals surface area contributed by atoms with Crippen LogP contribution in [0.4, 0.5) is 17.6 Å². The predicted molar refractivity (Wildman–Crippen MR) is 137 cm³/mol. The first-order valence-corrected chi connectivity index (χ1v) is 11.7. The van der Waals surface area contributed by atoms with Gasteiger partial charge in [-0.05, 0) is 72.1 Å². The smallest absolute Gasteiger partial charge is 0.288 e. The fourth-order valence-corrected chi connectivity index (χ4v) is 4.56. The minimum absolute atomic E-state index is 0.0466. The van der Waals surface area contributed by atoms with Crippen LogP contribution < -0.4 is 11.2 Å². The molecule has 0 aliphatic carbocycles. The SMILES string of the molecule is Cc1cncc(-n2c(=O)c3c(F)cc(-c4cc(C#N)ccc4Cl)cc3n(Cc3cc(F)c(F)c(F)c3)c2=O)c1. The van der Waals surface area contributed by atoms with E-state index in [4.69, 9.17) is 11.6 Å². The first-order valence-electron chi connectivity index (χ1n) is 11.3. The molecule has 0 saturated heterocycles. The molecule has 0 unspecified atom stereocenters. The first kappa shape index (κ1) is 25.9. The molecule has 194 valence electrons. The molecule has 6 nitrogen and oxygen atoms in total. The van der Waals surface area contributed by atoms with E-state index in [1.54, 1.807) is 6.92 Å². The van der Waals surface area contributed by atoms with Gasteiger partial charge in [-0.2, -0.15) is 5.26 Å². The van der Waals surface area contributed by atoms with Crippen molar-refractivity contribution in [1.29, 1.82) is 5.26 Å². The topological polar surface area (TPSA) is 80.7 Å². The maximum absolute atomic E-state index is 15.7. The lowest BCUT2D eigenvalue weighted by Crippen LogP contribution is -2.39. The highest BCUT2D eigenvalue weighted by atomic mass is 35.5. The number of nitrogens with zero attached hydrogens (tertiary/aromatic N) is 4. The van der Waals surface area contributed by atoms with E-state index in [-0.39, 0.29) is 38.5 Å². The average Bonchev–Trinajstić information content (AvgIpc) is 2.89. The summed E-state index contributed by atoms with van der Waals surface area (Å²) in [6.45, 7) is 1.13. The Kier molecular flexibility index (Phi) is 6.54. The molecule has 3 aromatic carbocycles. The van der Waals surface area contributed by atoms with Gasteiger partial charge in [-0.25, -0.2) is 26.9 Å². The molecule has 0 aliphatic rings. The number of aryl methyl sites for hydroxylation is 1. The average molecular weight is 551 g/mol. The van der Waals surface area contributed by atoms with Crippen LogP contribution in [0.3, 0.4) is 0 Å². The van der Waals surface area contributed by atoms with Gasteiger partial charge in [0, 0.05) is 16.8 Å². The van der Waals surface area contributed by atoms with Crippen molar-refractivity contribution in [2.75, 3.05) is 0 Å². The van der Waals surface area contributed by atoms with Crippen molar-refractivity contribution in [2.45, 2.75) is 13.5 Å². The number of pyridine rings is 1. The van der Waals surface area contributed by atoms with E-state index in [9.17, 15) is 28.0 Å². The fraction of sp³-hybridized carbons (Fsp3) is 0.0714. The third-order valence-corrected chi connectivity index (χ3v) is 6.44. The fourth-order valence-electron chi connectivity index (χ4n) is 4.33. The maximum Gasteiger partial charge on any atom is 0.336 e. The van der Waals surface area contributed by atoms with Gasteiger partial charge in [-0.1, -0.05) is 11.6 Å². The zero-order valence-electron chi connectivity index (χ0n) is 20.0. The van der Waals surface area contributed by atoms with Gasteiger partial charge < -0.3 is 0 Å². The molecule has 2 heterocycles. The lowest BCUT2D eigenvalue weighted by atomic mass is 10.0. The summed E-state index contributed by atoms with van der Waals surface area (Å²) in [6, 6.07) is 11.5. The number of rotatable bonds is 4. The quantitative estimate of drug-likeness (QED) is 0.214. The van der Waals surface area contributed by atoms with E-state index in [2.05, 4.69) is 4.98 Å². The summed E-state index contributed by atoms with van der Waals surface area (Å²) in [4.78, 5) is 31.2. The third-order valence-electron chi connectivity index (χ3n) is 6.11. The molecule has 0 atom stereocenters. The van der Waals surface area contributed by atoms with Crippen LogP contribution in [0.15, 0.2) is 70.5 Å². The van der Waals surface area contributed by atoms with E-state index >= 15 is 4.39 Å². The number of hydrogen-bond donors (Lipinski definition) is 0. The minimum Gasteiger partial charge on any atom is -0.288 e. The van der Waals surface area contributed by atoms with Crippen LogP contribution in [0.5, 0.6) is 0 Å². The number of nitriles is 1. The van der Waals surface area contributed by atoms with Crippen LogP contribution in [0.25, 0.3) is 27.7 Å². The summed E-state index contributed by atoms with van der Waals surface area (Å²) in [7, 11) is 0. The van der Waals surface area contributed by atoms with E-state index in [1.165, 1.54) is 42.7 Å². The van der Waals surface area contributed by atoms with Crippen LogP contribution in [0.2, 0.25) is 5.02 Å². The lowest BCUT2D eigenvalue weighted by molar-refractivity contribution is 0.444. The molecule has 0 spiro atoms. The van der Waals surface area contributed by atoms with Crippen LogP contribution in [-0.4, -0.2) is 14.1 Å². The Morgan fingerprint density at radius 3 is 2.33 bits per heavy atom. The van der Waals surface area contributed by atoms with E-state index < -0.39 is 46.4 Å². The van der Waals surface area contributed by atoms with Gasteiger partial charge in [0.1, 0.15) is 11.2 Å². The van der Waals surface area contributed by atoms with Crippen molar-refractivity contribution in [3.63, 3.8) is 0 Å². The summed E-state index contributed by atoms with van der Waals surface area (Å²) in [5.74, 6) is -5.66. The second kappa shape index (κ2) is 9.85. The maximum atomic E-state index is 15.7. The highest BCUT2D eigenvalue weighted by Gasteiger charge is 2.21.